The van der Waals surface area contributed by atoms with Gasteiger partial charge < -0.3 is 14.4 Å². The minimum Gasteiger partial charge on any atom is -0.482 e. The predicted octanol–water partition coefficient (Wildman–Crippen LogP) is 2.56. The van der Waals surface area contributed by atoms with Gasteiger partial charge in [-0.05, 0) is 48.1 Å². The second kappa shape index (κ2) is 7.49. The van der Waals surface area contributed by atoms with E-state index in [4.69, 9.17) is 9.47 Å². The Labute approximate surface area is 144 Å². The molecule has 0 fully saturated rings. The highest BCUT2D eigenvalue weighted by atomic mass is 32.1. The van der Waals surface area contributed by atoms with Crippen LogP contribution in [0.3, 0.4) is 0 Å². The lowest BCUT2D eigenvalue weighted by Gasteiger charge is -2.26. The number of rotatable bonds is 5. The highest BCUT2D eigenvalue weighted by molar-refractivity contribution is 7.10. The van der Waals surface area contributed by atoms with E-state index < -0.39 is 5.97 Å². The largest absolute Gasteiger partial charge is 0.482 e. The van der Waals surface area contributed by atoms with Crippen LogP contribution in [0.15, 0.2) is 35.7 Å². The van der Waals surface area contributed by atoms with Gasteiger partial charge in [-0.15, -0.1) is 11.3 Å². The molecule has 24 heavy (non-hydrogen) atoms. The standard InChI is InChI=1S/C18H19NO4S/c1-13-3-2-4-15(9-13)22-12-18(21)23-11-17(20)19-7-5-16-14(10-19)6-8-24-16/h2-4,6,8-9H,5,7,10-12H2,1H3. The van der Waals surface area contributed by atoms with Crippen LogP contribution in [0.4, 0.5) is 0 Å². The summed E-state index contributed by atoms with van der Waals surface area (Å²) in [5.74, 6) is -0.104. The van der Waals surface area contributed by atoms with Gasteiger partial charge in [0.15, 0.2) is 13.2 Å². The first-order chi connectivity index (χ1) is 11.6. The molecule has 2 heterocycles. The SMILES string of the molecule is Cc1cccc(OCC(=O)OCC(=O)N2CCc3sccc3C2)c1. The van der Waals surface area contributed by atoms with Crippen LogP contribution >= 0.6 is 11.3 Å². The maximum Gasteiger partial charge on any atom is 0.344 e. The smallest absolute Gasteiger partial charge is 0.344 e. The zero-order chi connectivity index (χ0) is 16.9. The molecule has 0 radical (unpaired) electrons. The molecule has 0 bridgehead atoms. The average molecular weight is 345 g/mol. The summed E-state index contributed by atoms with van der Waals surface area (Å²) in [4.78, 5) is 27.0. The molecule has 1 amide bonds. The highest BCUT2D eigenvalue weighted by Crippen LogP contribution is 2.23. The fraction of sp³-hybridized carbons (Fsp3) is 0.333. The number of carbonyl (C=O) groups is 2. The van der Waals surface area contributed by atoms with E-state index >= 15 is 0 Å². The second-order valence-corrected chi connectivity index (χ2v) is 6.70. The predicted molar refractivity (Wildman–Crippen MR) is 91.1 cm³/mol. The van der Waals surface area contributed by atoms with Gasteiger partial charge in [0.25, 0.3) is 5.91 Å². The van der Waals surface area contributed by atoms with Crippen LogP contribution in [0.5, 0.6) is 5.75 Å². The molecule has 0 unspecified atom stereocenters. The van der Waals surface area contributed by atoms with Crippen molar-refractivity contribution in [3.8, 4) is 5.75 Å². The topological polar surface area (TPSA) is 55.8 Å². The van der Waals surface area contributed by atoms with E-state index in [1.165, 1.54) is 10.4 Å². The molecule has 0 saturated carbocycles. The van der Waals surface area contributed by atoms with Gasteiger partial charge >= 0.3 is 5.97 Å². The Balaban J connectivity index is 1.42. The fourth-order valence-corrected chi connectivity index (χ4v) is 3.47. The number of amides is 1. The second-order valence-electron chi connectivity index (χ2n) is 5.70. The number of nitrogens with zero attached hydrogens (tertiary/aromatic N) is 1. The molecule has 0 aliphatic carbocycles. The van der Waals surface area contributed by atoms with Gasteiger partial charge in [0.2, 0.25) is 0 Å². The van der Waals surface area contributed by atoms with Crippen LogP contribution in [0.2, 0.25) is 0 Å². The molecule has 126 valence electrons. The molecule has 0 N–H and O–H groups in total. The summed E-state index contributed by atoms with van der Waals surface area (Å²) in [5.41, 5.74) is 2.24. The normalized spacial score (nSPS) is 13.3. The van der Waals surface area contributed by atoms with Crippen molar-refractivity contribution in [1.82, 2.24) is 4.90 Å². The fourth-order valence-electron chi connectivity index (χ4n) is 2.58. The van der Waals surface area contributed by atoms with E-state index in [0.29, 0.717) is 18.8 Å². The van der Waals surface area contributed by atoms with Crippen molar-refractivity contribution in [3.63, 3.8) is 0 Å². The Bertz CT molecular complexity index is 740. The van der Waals surface area contributed by atoms with Gasteiger partial charge in [-0.1, -0.05) is 12.1 Å². The molecule has 1 aliphatic rings. The number of benzene rings is 1. The number of hydrogen-bond acceptors (Lipinski definition) is 5. The van der Waals surface area contributed by atoms with Gasteiger partial charge in [-0.25, -0.2) is 4.79 Å². The quantitative estimate of drug-likeness (QED) is 0.782. The van der Waals surface area contributed by atoms with Gasteiger partial charge in [-0.3, -0.25) is 4.79 Å². The van der Waals surface area contributed by atoms with E-state index in [-0.39, 0.29) is 19.1 Å². The molecular weight excluding hydrogens is 326 g/mol. The van der Waals surface area contributed by atoms with Crippen LogP contribution in [-0.2, 0) is 27.3 Å². The third kappa shape index (κ3) is 4.14. The molecule has 0 atom stereocenters. The molecule has 3 rings (SSSR count). The Hall–Kier alpha value is -2.34. The van der Waals surface area contributed by atoms with Gasteiger partial charge in [-0.2, -0.15) is 0 Å². The van der Waals surface area contributed by atoms with E-state index in [0.717, 1.165) is 12.0 Å². The average Bonchev–Trinajstić information content (AvgIpc) is 3.05. The molecule has 0 saturated heterocycles. The van der Waals surface area contributed by atoms with Crippen molar-refractivity contribution in [1.29, 1.82) is 0 Å². The van der Waals surface area contributed by atoms with Gasteiger partial charge in [0.1, 0.15) is 5.75 Å². The third-order valence-corrected chi connectivity index (χ3v) is 4.89. The van der Waals surface area contributed by atoms with Crippen molar-refractivity contribution in [3.05, 3.63) is 51.7 Å². The summed E-state index contributed by atoms with van der Waals surface area (Å²) < 4.78 is 10.4. The number of fused-ring (bicyclic) bond motifs is 1. The van der Waals surface area contributed by atoms with Gasteiger partial charge in [0, 0.05) is 18.0 Å². The Morgan fingerprint density at radius 2 is 2.12 bits per heavy atom. The molecule has 1 aromatic carbocycles. The van der Waals surface area contributed by atoms with Crippen LogP contribution in [-0.4, -0.2) is 36.5 Å². The zero-order valence-electron chi connectivity index (χ0n) is 13.5. The molecule has 6 heteroatoms. The number of carbonyl (C=O) groups excluding carboxylic acids is 2. The van der Waals surface area contributed by atoms with Crippen molar-refractivity contribution in [2.24, 2.45) is 0 Å². The van der Waals surface area contributed by atoms with Crippen LogP contribution < -0.4 is 4.74 Å². The summed E-state index contributed by atoms with van der Waals surface area (Å²) in [7, 11) is 0. The summed E-state index contributed by atoms with van der Waals surface area (Å²) in [6, 6.07) is 9.46. The third-order valence-electron chi connectivity index (χ3n) is 3.86. The summed E-state index contributed by atoms with van der Waals surface area (Å²) in [6.07, 6.45) is 0.864. The van der Waals surface area contributed by atoms with Crippen LogP contribution in [0.25, 0.3) is 0 Å². The van der Waals surface area contributed by atoms with E-state index in [9.17, 15) is 9.59 Å². The lowest BCUT2D eigenvalue weighted by molar-refractivity contribution is -0.154. The highest BCUT2D eigenvalue weighted by Gasteiger charge is 2.22. The van der Waals surface area contributed by atoms with Crippen molar-refractivity contribution >= 4 is 23.2 Å². The number of esters is 1. The molecule has 1 aliphatic heterocycles. The zero-order valence-corrected chi connectivity index (χ0v) is 14.3. The number of aryl methyl sites for hydroxylation is 1. The maximum atomic E-state index is 12.2. The lowest BCUT2D eigenvalue weighted by atomic mass is 10.1. The van der Waals surface area contributed by atoms with Crippen molar-refractivity contribution in [2.45, 2.75) is 19.9 Å². The number of ether oxygens (including phenoxy) is 2. The Morgan fingerprint density at radius 1 is 1.25 bits per heavy atom. The Morgan fingerprint density at radius 3 is 2.96 bits per heavy atom. The Kier molecular flexibility index (Phi) is 5.15. The molecule has 1 aromatic heterocycles. The maximum absolute atomic E-state index is 12.2. The molecule has 2 aromatic rings. The summed E-state index contributed by atoms with van der Waals surface area (Å²) >= 11 is 1.72. The first kappa shape index (κ1) is 16.5. The van der Waals surface area contributed by atoms with Crippen LogP contribution in [0.1, 0.15) is 16.0 Å². The minimum absolute atomic E-state index is 0.171. The van der Waals surface area contributed by atoms with Crippen LogP contribution in [0, 0.1) is 6.92 Å². The summed E-state index contributed by atoms with van der Waals surface area (Å²) in [6.45, 7) is 2.76. The van der Waals surface area contributed by atoms with E-state index in [2.05, 4.69) is 0 Å². The minimum atomic E-state index is -0.543. The molecule has 0 spiro atoms. The monoisotopic (exact) mass is 345 g/mol. The first-order valence-corrected chi connectivity index (χ1v) is 8.68. The van der Waals surface area contributed by atoms with Crippen molar-refractivity contribution < 1.29 is 19.1 Å². The molecule has 5 nitrogen and oxygen atoms in total. The number of thiophene rings is 1. The molecular formula is C18H19NO4S. The summed E-state index contributed by atoms with van der Waals surface area (Å²) in [5, 5.41) is 2.04. The van der Waals surface area contributed by atoms with Crippen molar-refractivity contribution in [2.75, 3.05) is 19.8 Å². The first-order valence-electron chi connectivity index (χ1n) is 7.80. The van der Waals surface area contributed by atoms with Gasteiger partial charge in [0.05, 0.1) is 0 Å². The van der Waals surface area contributed by atoms with E-state index in [1.807, 2.05) is 36.6 Å². The van der Waals surface area contributed by atoms with E-state index in [1.54, 1.807) is 22.3 Å². The lowest BCUT2D eigenvalue weighted by Crippen LogP contribution is -2.38. The number of hydrogen-bond donors (Lipinski definition) is 0.